The van der Waals surface area contributed by atoms with E-state index in [1.807, 2.05) is 0 Å². The molecule has 0 heterocycles. The molecule has 5 unspecified atom stereocenters. The Morgan fingerprint density at radius 2 is 0.602 bits per heavy atom. The fourth-order valence-corrected chi connectivity index (χ4v) is 10.6. The van der Waals surface area contributed by atoms with Gasteiger partial charge < -0.3 is 34.2 Å². The van der Waals surface area contributed by atoms with Crippen LogP contribution in [0.4, 0.5) is 0 Å². The third-order valence-corrected chi connectivity index (χ3v) is 16.0. The molecule has 0 aliphatic carbocycles. The standard InChI is InChI=1S/C65H120O16P2/c1-4-7-10-13-16-19-22-23-24-25-26-27-28-29-30-31-32-33-34-35-38-40-42-45-48-51-63(68)75-54-60(66)55-77-82(71,72)78-56-61(67)57-79-83(73,74)80-59-62(81-65(70)53-50-47-44-41-37-21-18-15-12-9-6-3)58-76-64(69)52-49-46-43-39-36-20-17-14-11-8-5-2/h16,19,23-24,26-27,29-30,60-62,66-67H,4-15,17-18,20-22,25,28,31-59H2,1-3H3,(H,71,72)(H,73,74)/b19-16-,24-23-,27-26-,30-29-. The van der Waals surface area contributed by atoms with E-state index in [0.717, 1.165) is 96.3 Å². The van der Waals surface area contributed by atoms with E-state index in [1.54, 1.807) is 0 Å². The predicted molar refractivity (Wildman–Crippen MR) is 335 cm³/mol. The summed E-state index contributed by atoms with van der Waals surface area (Å²) in [4.78, 5) is 58.1. The Bertz CT molecular complexity index is 1720. The Balaban J connectivity index is 4.43. The van der Waals surface area contributed by atoms with Crippen molar-refractivity contribution in [3.63, 3.8) is 0 Å². The molecule has 0 aromatic carbocycles. The third kappa shape index (κ3) is 61.0. The van der Waals surface area contributed by atoms with Crippen LogP contribution >= 0.6 is 15.6 Å². The monoisotopic (exact) mass is 1220 g/mol. The highest BCUT2D eigenvalue weighted by atomic mass is 31.2. The second-order valence-electron chi connectivity index (χ2n) is 22.3. The first-order chi connectivity index (χ1) is 40.2. The number of phosphoric ester groups is 2. The Kier molecular flexibility index (Phi) is 58.0. The summed E-state index contributed by atoms with van der Waals surface area (Å²) in [6.45, 7) is 2.64. The van der Waals surface area contributed by atoms with Gasteiger partial charge >= 0.3 is 33.6 Å². The maximum absolute atomic E-state index is 12.8. The zero-order valence-corrected chi connectivity index (χ0v) is 54.2. The van der Waals surface area contributed by atoms with Gasteiger partial charge in [-0.25, -0.2) is 9.13 Å². The number of allylic oxidation sites excluding steroid dienone is 8. The normalized spacial score (nSPS) is 14.6. The molecule has 0 radical (unpaired) electrons. The van der Waals surface area contributed by atoms with Crippen LogP contribution in [0.5, 0.6) is 0 Å². The molecule has 18 heteroatoms. The van der Waals surface area contributed by atoms with Crippen molar-refractivity contribution in [2.75, 3.05) is 39.6 Å². The van der Waals surface area contributed by atoms with Crippen molar-refractivity contribution < 1.29 is 75.8 Å². The van der Waals surface area contributed by atoms with Gasteiger partial charge in [-0.05, 0) is 64.2 Å². The molecule has 83 heavy (non-hydrogen) atoms. The van der Waals surface area contributed by atoms with Crippen molar-refractivity contribution >= 4 is 33.6 Å². The molecule has 0 saturated carbocycles. The van der Waals surface area contributed by atoms with Crippen LogP contribution in [-0.4, -0.2) is 95.9 Å². The van der Waals surface area contributed by atoms with E-state index >= 15 is 0 Å². The first-order valence-electron chi connectivity index (χ1n) is 32.9. The highest BCUT2D eigenvalue weighted by Gasteiger charge is 2.29. The Morgan fingerprint density at radius 1 is 0.337 bits per heavy atom. The molecule has 0 saturated heterocycles. The molecule has 4 N–H and O–H groups in total. The first kappa shape index (κ1) is 80.5. The summed E-state index contributed by atoms with van der Waals surface area (Å²) in [6, 6.07) is 0. The van der Waals surface area contributed by atoms with Crippen LogP contribution in [0, 0.1) is 0 Å². The van der Waals surface area contributed by atoms with Gasteiger partial charge in [0.25, 0.3) is 0 Å². The minimum Gasteiger partial charge on any atom is -0.463 e. The largest absolute Gasteiger partial charge is 0.472 e. The highest BCUT2D eigenvalue weighted by Crippen LogP contribution is 2.45. The molecular formula is C65H120O16P2. The maximum Gasteiger partial charge on any atom is 0.472 e. The summed E-state index contributed by atoms with van der Waals surface area (Å²) >= 11 is 0. The van der Waals surface area contributed by atoms with Crippen molar-refractivity contribution in [2.45, 2.75) is 309 Å². The molecule has 0 aromatic heterocycles. The van der Waals surface area contributed by atoms with Gasteiger partial charge in [-0.1, -0.05) is 256 Å². The SMILES string of the molecule is CCCCC/C=C\C/C=C\C/C=C\C/C=C\CCCCCCCCCCCC(=O)OCC(O)COP(=O)(O)OCC(O)COP(=O)(O)OCC(COC(=O)CCCCCCCCCCCCC)OC(=O)CCCCCCCCCCCCC. The maximum atomic E-state index is 12.8. The second kappa shape index (κ2) is 59.8. The fraction of sp³-hybridized carbons (Fsp3) is 0.831. The molecule has 0 fully saturated rings. The zero-order chi connectivity index (χ0) is 61.0. The Hall–Kier alpha value is -2.49. The molecule has 0 bridgehead atoms. The van der Waals surface area contributed by atoms with E-state index in [9.17, 15) is 43.5 Å². The number of ether oxygens (including phenoxy) is 3. The molecule has 16 nitrogen and oxygen atoms in total. The summed E-state index contributed by atoms with van der Waals surface area (Å²) in [7, 11) is -9.74. The molecule has 5 atom stereocenters. The van der Waals surface area contributed by atoms with Crippen LogP contribution in [0.15, 0.2) is 48.6 Å². The van der Waals surface area contributed by atoms with E-state index in [0.29, 0.717) is 19.3 Å². The number of carbonyl (C=O) groups excluding carboxylic acids is 3. The van der Waals surface area contributed by atoms with Crippen LogP contribution in [0.25, 0.3) is 0 Å². The first-order valence-corrected chi connectivity index (χ1v) is 35.9. The molecule has 0 amide bonds. The number of aliphatic hydroxyl groups excluding tert-OH is 2. The number of rotatable bonds is 63. The number of hydrogen-bond acceptors (Lipinski definition) is 14. The summed E-state index contributed by atoms with van der Waals surface area (Å²) in [5, 5.41) is 20.5. The topological polar surface area (TPSA) is 231 Å². The summed E-state index contributed by atoms with van der Waals surface area (Å²) in [6.07, 6.45) is 57.6. The van der Waals surface area contributed by atoms with E-state index < -0.39 is 91.5 Å². The van der Waals surface area contributed by atoms with Crippen LogP contribution in [-0.2, 0) is 55.8 Å². The molecule has 0 aliphatic rings. The second-order valence-corrected chi connectivity index (χ2v) is 25.2. The minimum absolute atomic E-state index is 0.112. The molecule has 0 aliphatic heterocycles. The van der Waals surface area contributed by atoms with Gasteiger partial charge in [-0.15, -0.1) is 0 Å². The van der Waals surface area contributed by atoms with Gasteiger partial charge in [0.05, 0.1) is 26.4 Å². The Labute approximate surface area is 504 Å². The molecular weight excluding hydrogens is 1100 g/mol. The highest BCUT2D eigenvalue weighted by molar-refractivity contribution is 7.47. The van der Waals surface area contributed by atoms with Crippen LogP contribution in [0.2, 0.25) is 0 Å². The third-order valence-electron chi connectivity index (χ3n) is 14.1. The van der Waals surface area contributed by atoms with Crippen LogP contribution < -0.4 is 0 Å². The minimum atomic E-state index is -4.90. The van der Waals surface area contributed by atoms with Crippen molar-refractivity contribution in [2.24, 2.45) is 0 Å². The van der Waals surface area contributed by atoms with Crippen molar-refractivity contribution in [3.8, 4) is 0 Å². The van der Waals surface area contributed by atoms with Gasteiger partial charge in [0.2, 0.25) is 0 Å². The van der Waals surface area contributed by atoms with E-state index in [-0.39, 0.29) is 19.3 Å². The summed E-state index contributed by atoms with van der Waals surface area (Å²) in [5.41, 5.74) is 0. The van der Waals surface area contributed by atoms with E-state index in [4.69, 9.17) is 32.3 Å². The lowest BCUT2D eigenvalue weighted by atomic mass is 10.1. The lowest BCUT2D eigenvalue weighted by molar-refractivity contribution is -0.161. The lowest BCUT2D eigenvalue weighted by Gasteiger charge is -2.21. The van der Waals surface area contributed by atoms with Gasteiger partial charge in [0.1, 0.15) is 25.4 Å². The van der Waals surface area contributed by atoms with Crippen LogP contribution in [0.3, 0.4) is 0 Å². The average Bonchev–Trinajstić information content (AvgIpc) is 3.46. The van der Waals surface area contributed by atoms with Crippen LogP contribution in [0.1, 0.15) is 290 Å². The van der Waals surface area contributed by atoms with Crippen molar-refractivity contribution in [1.29, 1.82) is 0 Å². The fourth-order valence-electron chi connectivity index (χ4n) is 8.97. The molecule has 0 aromatic rings. The molecule has 0 spiro atoms. The predicted octanol–water partition coefficient (Wildman–Crippen LogP) is 17.6. The zero-order valence-electron chi connectivity index (χ0n) is 52.4. The summed E-state index contributed by atoms with van der Waals surface area (Å²) in [5.74, 6) is -1.56. The van der Waals surface area contributed by atoms with Crippen molar-refractivity contribution in [1.82, 2.24) is 0 Å². The Morgan fingerprint density at radius 3 is 0.976 bits per heavy atom. The number of hydrogen-bond donors (Lipinski definition) is 4. The number of phosphoric acid groups is 2. The van der Waals surface area contributed by atoms with E-state index in [2.05, 4.69) is 69.4 Å². The quantitative estimate of drug-likeness (QED) is 0.0146. The van der Waals surface area contributed by atoms with Gasteiger partial charge in [0, 0.05) is 19.3 Å². The number of aliphatic hydroxyl groups is 2. The van der Waals surface area contributed by atoms with Gasteiger partial charge in [-0.2, -0.15) is 0 Å². The van der Waals surface area contributed by atoms with Gasteiger partial charge in [-0.3, -0.25) is 32.5 Å². The smallest absolute Gasteiger partial charge is 0.463 e. The number of unbranched alkanes of at least 4 members (excludes halogenated alkanes) is 32. The van der Waals surface area contributed by atoms with Crippen molar-refractivity contribution in [3.05, 3.63) is 48.6 Å². The number of esters is 3. The lowest BCUT2D eigenvalue weighted by Crippen LogP contribution is -2.30. The molecule has 0 rings (SSSR count). The molecule has 486 valence electrons. The van der Waals surface area contributed by atoms with E-state index in [1.165, 1.54) is 135 Å². The average molecular weight is 1220 g/mol. The van der Waals surface area contributed by atoms with Gasteiger partial charge in [0.15, 0.2) is 6.10 Å². The number of carbonyl (C=O) groups is 3. The summed E-state index contributed by atoms with van der Waals surface area (Å²) < 4.78 is 60.7.